The summed E-state index contributed by atoms with van der Waals surface area (Å²) in [6.07, 6.45) is 0. The Balaban J connectivity index is 2.71. The lowest BCUT2D eigenvalue weighted by atomic mass is 10.2. The van der Waals surface area contributed by atoms with Gasteiger partial charge in [-0.25, -0.2) is 4.57 Å². The van der Waals surface area contributed by atoms with Gasteiger partial charge in [0, 0.05) is 11.3 Å². The molecule has 6 nitrogen and oxygen atoms in total. The Bertz CT molecular complexity index is 443. The van der Waals surface area contributed by atoms with Crippen molar-refractivity contribution in [3.05, 3.63) is 29.8 Å². The molecule has 0 amide bonds. The summed E-state index contributed by atoms with van der Waals surface area (Å²) in [6, 6.07) is 6.31. The first kappa shape index (κ1) is 14.1. The highest BCUT2D eigenvalue weighted by Gasteiger charge is 2.17. The summed E-state index contributed by atoms with van der Waals surface area (Å²) < 4.78 is 15.2. The summed E-state index contributed by atoms with van der Waals surface area (Å²) in [5.41, 5.74) is 0.544. The molecule has 0 saturated heterocycles. The zero-order valence-electron chi connectivity index (χ0n) is 8.65. The Morgan fingerprint density at radius 3 is 2.59 bits per heavy atom. The number of para-hydroxylation sites is 1. The van der Waals surface area contributed by atoms with Gasteiger partial charge in [0.05, 0.1) is 5.75 Å². The van der Waals surface area contributed by atoms with E-state index in [0.717, 1.165) is 11.8 Å². The van der Waals surface area contributed by atoms with Gasteiger partial charge in [0.15, 0.2) is 0 Å². The molecule has 0 aliphatic rings. The Morgan fingerprint density at radius 2 is 2.00 bits per heavy atom. The van der Waals surface area contributed by atoms with E-state index >= 15 is 0 Å². The van der Waals surface area contributed by atoms with Gasteiger partial charge in [0.25, 0.3) is 0 Å². The van der Waals surface area contributed by atoms with Crippen LogP contribution in [-0.4, -0.2) is 26.6 Å². The number of hydrogen-bond acceptors (Lipinski definition) is 4. The van der Waals surface area contributed by atoms with Crippen LogP contribution in [0.4, 0.5) is 0 Å². The minimum atomic E-state index is -4.59. The molecule has 0 aliphatic heterocycles. The lowest BCUT2D eigenvalue weighted by Gasteiger charge is -2.10. The lowest BCUT2D eigenvalue weighted by Crippen LogP contribution is -1.99. The van der Waals surface area contributed by atoms with Crippen LogP contribution < -0.4 is 4.52 Å². The van der Waals surface area contributed by atoms with Gasteiger partial charge in [0.2, 0.25) is 0 Å². The van der Waals surface area contributed by atoms with Crippen molar-refractivity contribution < 1.29 is 28.8 Å². The minimum absolute atomic E-state index is 0.0683. The maximum absolute atomic E-state index is 10.7. The zero-order valence-corrected chi connectivity index (χ0v) is 10.4. The van der Waals surface area contributed by atoms with Crippen molar-refractivity contribution in [2.45, 2.75) is 5.75 Å². The second kappa shape index (κ2) is 6.07. The molecule has 0 aromatic heterocycles. The second-order valence-corrected chi connectivity index (χ2v) is 5.23. The third-order valence-electron chi connectivity index (χ3n) is 1.67. The predicted molar refractivity (Wildman–Crippen MR) is 62.9 cm³/mol. The van der Waals surface area contributed by atoms with E-state index in [1.807, 2.05) is 0 Å². The van der Waals surface area contributed by atoms with Crippen molar-refractivity contribution in [1.82, 2.24) is 0 Å². The molecule has 0 unspecified atom stereocenters. The first-order valence-electron chi connectivity index (χ1n) is 4.51. The molecule has 1 aromatic rings. The van der Waals surface area contributed by atoms with E-state index in [1.54, 1.807) is 18.2 Å². The number of rotatable bonds is 6. The highest BCUT2D eigenvalue weighted by Crippen LogP contribution is 2.39. The summed E-state index contributed by atoms with van der Waals surface area (Å²) >= 11 is 1.12. The molecule has 17 heavy (non-hydrogen) atoms. The number of carboxylic acid groups (broad SMARTS) is 1. The van der Waals surface area contributed by atoms with Gasteiger partial charge >= 0.3 is 13.8 Å². The molecule has 0 heterocycles. The number of thioether (sulfide) groups is 1. The van der Waals surface area contributed by atoms with Crippen LogP contribution in [0, 0.1) is 0 Å². The first-order chi connectivity index (χ1) is 7.88. The van der Waals surface area contributed by atoms with Crippen LogP contribution in [-0.2, 0) is 15.1 Å². The van der Waals surface area contributed by atoms with Crippen LogP contribution in [0.25, 0.3) is 0 Å². The first-order valence-corrected chi connectivity index (χ1v) is 7.19. The van der Waals surface area contributed by atoms with E-state index in [9.17, 15) is 9.36 Å². The quantitative estimate of drug-likeness (QED) is 0.677. The van der Waals surface area contributed by atoms with Gasteiger partial charge in [-0.15, -0.1) is 11.8 Å². The summed E-state index contributed by atoms with van der Waals surface area (Å²) in [4.78, 5) is 27.7. The van der Waals surface area contributed by atoms with E-state index in [1.165, 1.54) is 6.07 Å². The Hall–Kier alpha value is -1.01. The maximum atomic E-state index is 10.7. The predicted octanol–water partition coefficient (Wildman–Crippen LogP) is 1.48. The molecular weight excluding hydrogens is 267 g/mol. The average Bonchev–Trinajstić information content (AvgIpc) is 2.17. The molecule has 0 bridgehead atoms. The monoisotopic (exact) mass is 278 g/mol. The van der Waals surface area contributed by atoms with E-state index in [-0.39, 0.29) is 11.5 Å². The molecule has 94 valence electrons. The number of phosphoric ester groups is 1. The van der Waals surface area contributed by atoms with Crippen molar-refractivity contribution in [1.29, 1.82) is 0 Å². The Labute approximate surface area is 102 Å². The van der Waals surface area contributed by atoms with Gasteiger partial charge in [0.1, 0.15) is 5.75 Å². The molecule has 0 fully saturated rings. The fraction of sp³-hybridized carbons (Fsp3) is 0.222. The van der Waals surface area contributed by atoms with Crippen LogP contribution in [0.2, 0.25) is 0 Å². The van der Waals surface area contributed by atoms with Gasteiger partial charge in [-0.3, -0.25) is 14.6 Å². The fourth-order valence-electron chi connectivity index (χ4n) is 1.09. The largest absolute Gasteiger partial charge is 0.524 e. The molecule has 1 rings (SSSR count). The summed E-state index contributed by atoms with van der Waals surface area (Å²) in [5, 5.41) is 8.47. The summed E-state index contributed by atoms with van der Waals surface area (Å²) in [6.45, 7) is 0. The highest BCUT2D eigenvalue weighted by molar-refractivity contribution is 7.99. The normalized spacial score (nSPS) is 11.2. The molecule has 0 saturated carbocycles. The molecule has 0 radical (unpaired) electrons. The van der Waals surface area contributed by atoms with Gasteiger partial charge in [-0.05, 0) is 6.07 Å². The molecule has 3 N–H and O–H groups in total. The van der Waals surface area contributed by atoms with E-state index in [0.29, 0.717) is 11.3 Å². The van der Waals surface area contributed by atoms with Crippen LogP contribution in [0.1, 0.15) is 5.56 Å². The lowest BCUT2D eigenvalue weighted by molar-refractivity contribution is -0.133. The molecular formula is C9H11O6PS. The SMILES string of the molecule is O=C(O)CSCc1ccccc1OP(=O)(O)O. The van der Waals surface area contributed by atoms with Crippen LogP contribution in [0.3, 0.4) is 0 Å². The van der Waals surface area contributed by atoms with Crippen molar-refractivity contribution in [3.63, 3.8) is 0 Å². The molecule has 0 atom stereocenters. The molecule has 8 heteroatoms. The van der Waals surface area contributed by atoms with Crippen LogP contribution in [0.5, 0.6) is 5.75 Å². The van der Waals surface area contributed by atoms with E-state index in [4.69, 9.17) is 14.9 Å². The van der Waals surface area contributed by atoms with Gasteiger partial charge in [-0.2, -0.15) is 0 Å². The number of carboxylic acids is 1. The topological polar surface area (TPSA) is 104 Å². The standard InChI is InChI=1S/C9H11O6PS/c10-9(11)6-17-5-7-3-1-2-4-8(7)15-16(12,13)14/h1-4H,5-6H2,(H,10,11)(H2,12,13,14). The van der Waals surface area contributed by atoms with Crippen molar-refractivity contribution in [2.24, 2.45) is 0 Å². The van der Waals surface area contributed by atoms with Gasteiger partial charge in [-0.1, -0.05) is 18.2 Å². The number of benzene rings is 1. The number of hydrogen-bond donors (Lipinski definition) is 3. The third-order valence-corrected chi connectivity index (χ3v) is 3.07. The summed E-state index contributed by atoms with van der Waals surface area (Å²) in [7, 11) is -4.59. The minimum Gasteiger partial charge on any atom is -0.481 e. The Kier molecular flexibility index (Phi) is 5.02. The molecule has 0 spiro atoms. The second-order valence-electron chi connectivity index (χ2n) is 3.08. The molecule has 0 aliphatic carbocycles. The Morgan fingerprint density at radius 1 is 1.35 bits per heavy atom. The number of carbonyl (C=O) groups is 1. The zero-order chi connectivity index (χ0) is 12.9. The van der Waals surface area contributed by atoms with Crippen LogP contribution in [0.15, 0.2) is 24.3 Å². The fourth-order valence-corrected chi connectivity index (χ4v) is 2.26. The van der Waals surface area contributed by atoms with Crippen LogP contribution >= 0.6 is 19.6 Å². The van der Waals surface area contributed by atoms with E-state index < -0.39 is 13.8 Å². The van der Waals surface area contributed by atoms with Crippen molar-refractivity contribution in [3.8, 4) is 5.75 Å². The van der Waals surface area contributed by atoms with Crippen molar-refractivity contribution in [2.75, 3.05) is 5.75 Å². The van der Waals surface area contributed by atoms with Crippen molar-refractivity contribution >= 4 is 25.6 Å². The van der Waals surface area contributed by atoms with Gasteiger partial charge < -0.3 is 9.63 Å². The third kappa shape index (κ3) is 5.74. The molecule has 1 aromatic carbocycles. The number of phosphoric acid groups is 1. The maximum Gasteiger partial charge on any atom is 0.524 e. The van der Waals surface area contributed by atoms with E-state index in [2.05, 4.69) is 4.52 Å². The number of aliphatic carboxylic acids is 1. The summed E-state index contributed by atoms with van der Waals surface area (Å²) in [5.74, 6) is -0.644. The average molecular weight is 278 g/mol. The smallest absolute Gasteiger partial charge is 0.481 e. The highest BCUT2D eigenvalue weighted by atomic mass is 32.2.